The number of halogens is 3. The number of hydrogen-bond donors (Lipinski definition) is 1. The molecule has 39 heavy (non-hydrogen) atoms. The fourth-order valence-corrected chi connectivity index (χ4v) is 3.77. The number of nitro groups is 1. The number of nitrogens with two attached hydrogens (primary N) is 1. The van der Waals surface area contributed by atoms with Crippen molar-refractivity contribution >= 4 is 71.8 Å². The molecule has 0 saturated heterocycles. The van der Waals surface area contributed by atoms with Crippen molar-refractivity contribution in [3.05, 3.63) is 57.6 Å². The summed E-state index contributed by atoms with van der Waals surface area (Å²) in [7, 11) is 4.77. The second-order valence-electron chi connectivity index (χ2n) is 7.32. The molecule has 0 aliphatic rings. The van der Waals surface area contributed by atoms with Gasteiger partial charge in [0.2, 0.25) is 18.3 Å². The van der Waals surface area contributed by atoms with E-state index in [0.29, 0.717) is 35.8 Å². The molecule has 0 amide bonds. The third-order valence-corrected chi connectivity index (χ3v) is 6.24. The monoisotopic (exact) mass is 678 g/mol. The Bertz CT molecular complexity index is 1300. The van der Waals surface area contributed by atoms with Crippen LogP contribution >= 0.6 is 32.0 Å². The Hall–Kier alpha value is -0.880. The summed E-state index contributed by atoms with van der Waals surface area (Å²) in [6.07, 6.45) is 0.455. The van der Waals surface area contributed by atoms with Crippen LogP contribution < -0.4 is 44.8 Å². The normalized spacial score (nSPS) is 10.7. The van der Waals surface area contributed by atoms with Gasteiger partial charge in [0.05, 0.1) is 34.0 Å². The molecule has 0 aliphatic heterocycles. The first-order chi connectivity index (χ1) is 17.4. The molecule has 0 bridgehead atoms. The Morgan fingerprint density at radius 2 is 1.36 bits per heavy atom. The summed E-state index contributed by atoms with van der Waals surface area (Å²) in [6, 6.07) is 9.54. The largest absolute Gasteiger partial charge is 1.00 e. The van der Waals surface area contributed by atoms with E-state index in [1.54, 1.807) is 19.1 Å². The van der Waals surface area contributed by atoms with Crippen molar-refractivity contribution in [3.63, 3.8) is 0 Å². The van der Waals surface area contributed by atoms with Crippen LogP contribution in [0.5, 0.6) is 11.5 Å². The summed E-state index contributed by atoms with van der Waals surface area (Å²) in [5.74, 6) is 0.515. The van der Waals surface area contributed by atoms with E-state index in [4.69, 9.17) is 30.1 Å². The van der Waals surface area contributed by atoms with Gasteiger partial charge in [0.15, 0.2) is 0 Å². The molecule has 0 saturated carbocycles. The first-order valence-corrected chi connectivity index (χ1v) is 17.2. The van der Waals surface area contributed by atoms with Crippen molar-refractivity contribution in [2.45, 2.75) is 26.7 Å². The quantitative estimate of drug-likeness (QED) is 0.0681. The minimum absolute atomic E-state index is 0. The van der Waals surface area contributed by atoms with Crippen molar-refractivity contribution in [1.29, 1.82) is 0 Å². The van der Waals surface area contributed by atoms with Crippen LogP contribution in [-0.2, 0) is 28.4 Å². The number of anilines is 1. The van der Waals surface area contributed by atoms with Gasteiger partial charge in [0.25, 0.3) is 5.69 Å². The van der Waals surface area contributed by atoms with Gasteiger partial charge in [0, 0.05) is 55.1 Å². The van der Waals surface area contributed by atoms with E-state index in [1.165, 1.54) is 18.2 Å². The van der Waals surface area contributed by atoms with Crippen LogP contribution in [0.15, 0.2) is 36.4 Å². The summed E-state index contributed by atoms with van der Waals surface area (Å²) >= 11 is 0. The molecule has 2 aromatic rings. The molecule has 2 aromatic carbocycles. The summed E-state index contributed by atoms with van der Waals surface area (Å²) in [5, 5.41) is 10.6. The van der Waals surface area contributed by atoms with Crippen LogP contribution in [0.25, 0.3) is 0 Å². The number of aryl methyl sites for hydroxylation is 2. The van der Waals surface area contributed by atoms with E-state index < -0.39 is 39.1 Å². The maximum atomic E-state index is 10.6. The van der Waals surface area contributed by atoms with Crippen molar-refractivity contribution in [2.75, 3.05) is 30.5 Å². The predicted molar refractivity (Wildman–Crippen MR) is 148 cm³/mol. The van der Waals surface area contributed by atoms with E-state index in [-0.39, 0.29) is 54.0 Å². The number of nitro benzene ring substituents is 1. The molecular weight excluding hydrogens is 654 g/mol. The maximum absolute atomic E-state index is 10.6. The SMILES string of the molecule is Cc1cc(OCCCS(=O)(=O)Cl)ccc1N.Cc1cc(OCCCS(=O)(=O)[O-])ccc1[N+](=O)[O-].O=S(Cl)Cl.[Na+]. The summed E-state index contributed by atoms with van der Waals surface area (Å²) in [6.45, 7) is 3.84. The van der Waals surface area contributed by atoms with Gasteiger partial charge in [-0.3, -0.25) is 10.1 Å². The number of hydrogen-bond acceptors (Lipinski definition) is 11. The number of ether oxygens (including phenoxy) is 2. The van der Waals surface area contributed by atoms with Gasteiger partial charge in [-0.05, 0) is 62.6 Å². The second kappa shape index (κ2) is 20.1. The van der Waals surface area contributed by atoms with Crippen LogP contribution in [0.3, 0.4) is 0 Å². The molecule has 0 atom stereocenters. The van der Waals surface area contributed by atoms with Crippen LogP contribution in [-0.4, -0.2) is 55.2 Å². The molecule has 0 fully saturated rings. The molecule has 0 unspecified atom stereocenters. The van der Waals surface area contributed by atoms with Gasteiger partial charge in [-0.1, -0.05) is 0 Å². The number of rotatable bonds is 11. The molecule has 0 heterocycles. The zero-order chi connectivity index (χ0) is 29.5. The van der Waals surface area contributed by atoms with Crippen molar-refractivity contribution in [3.8, 4) is 11.5 Å². The Balaban J connectivity index is 0. The van der Waals surface area contributed by atoms with Gasteiger partial charge in [-0.2, -0.15) is 0 Å². The third kappa shape index (κ3) is 22.5. The molecule has 2 rings (SSSR count). The zero-order valence-corrected chi connectivity index (χ0v) is 27.9. The molecule has 19 heteroatoms. The molecule has 2 N–H and O–H groups in total. The molecule has 0 aromatic heterocycles. The molecular formula is C20H26Cl3N2NaO10S3. The first kappa shape index (κ1) is 40.3. The van der Waals surface area contributed by atoms with Crippen LogP contribution in [0, 0.1) is 24.0 Å². The van der Waals surface area contributed by atoms with Gasteiger partial charge >= 0.3 is 29.6 Å². The van der Waals surface area contributed by atoms with E-state index in [1.807, 2.05) is 13.0 Å². The smallest absolute Gasteiger partial charge is 0.748 e. The average molecular weight is 680 g/mol. The molecule has 0 radical (unpaired) electrons. The summed E-state index contributed by atoms with van der Waals surface area (Å²) in [4.78, 5) is 10.1. The standard InChI is InChI=1S/C10H14ClNO3S.C10H13NO6S.Cl2OS.Na/c1-8-7-9(3-4-10(8)12)15-5-2-6-16(11,13)14;1-8-7-9(3-4-10(8)11(12)13)17-5-2-6-18(14,15)16;1-4(2)3;/h3-4,7H,2,5-6,12H2,1H3;3-4,7H,2,5-6H2,1H3,(H,14,15,16);;/q;;;+1/p-1. The third-order valence-electron chi connectivity index (χ3n) is 4.21. The number of nitrogens with zero attached hydrogens (tertiary/aromatic N) is 1. The van der Waals surface area contributed by atoms with Crippen LogP contribution in [0.2, 0.25) is 0 Å². The second-order valence-corrected chi connectivity index (χ2v) is 14.3. The Kier molecular flexibility index (Phi) is 20.7. The van der Waals surface area contributed by atoms with E-state index >= 15 is 0 Å². The van der Waals surface area contributed by atoms with Crippen LogP contribution in [0.1, 0.15) is 24.0 Å². The van der Waals surface area contributed by atoms with Gasteiger partial charge in [-0.25, -0.2) is 21.0 Å². The maximum Gasteiger partial charge on any atom is 1.00 e. The average Bonchev–Trinajstić information content (AvgIpc) is 2.75. The van der Waals surface area contributed by atoms with Crippen molar-refractivity contribution < 1.29 is 69.6 Å². The Morgan fingerprint density at radius 1 is 0.923 bits per heavy atom. The first-order valence-electron chi connectivity index (χ1n) is 10.4. The number of benzene rings is 2. The minimum atomic E-state index is -4.22. The van der Waals surface area contributed by atoms with E-state index in [0.717, 1.165) is 5.56 Å². The fourth-order valence-electron chi connectivity index (χ4n) is 2.51. The van der Waals surface area contributed by atoms with E-state index in [9.17, 15) is 31.5 Å². The van der Waals surface area contributed by atoms with Gasteiger partial charge < -0.3 is 19.8 Å². The topological polar surface area (TPSA) is 196 Å². The van der Waals surface area contributed by atoms with Gasteiger partial charge in [0.1, 0.15) is 11.5 Å². The van der Waals surface area contributed by atoms with E-state index in [2.05, 4.69) is 21.4 Å². The molecule has 12 nitrogen and oxygen atoms in total. The number of nitrogen functional groups attached to an aromatic ring is 1. The fraction of sp³-hybridized carbons (Fsp3) is 0.400. The zero-order valence-electron chi connectivity index (χ0n) is 21.2. The van der Waals surface area contributed by atoms with Crippen molar-refractivity contribution in [2.24, 2.45) is 0 Å². The molecule has 216 valence electrons. The molecule has 0 aliphatic carbocycles. The minimum Gasteiger partial charge on any atom is -0.748 e. The summed E-state index contributed by atoms with van der Waals surface area (Å²) < 4.78 is 71.9. The van der Waals surface area contributed by atoms with Gasteiger partial charge in [-0.15, -0.1) is 0 Å². The summed E-state index contributed by atoms with van der Waals surface area (Å²) in [5.41, 5.74) is 7.73. The van der Waals surface area contributed by atoms with Crippen molar-refractivity contribution in [1.82, 2.24) is 0 Å². The Labute approximate surface area is 265 Å². The molecule has 0 spiro atoms. The van der Waals surface area contributed by atoms with Crippen LogP contribution in [0.4, 0.5) is 11.4 Å². The Morgan fingerprint density at radius 3 is 1.74 bits per heavy atom. The predicted octanol–water partition coefficient (Wildman–Crippen LogP) is 1.18.